The molecule has 3 heteroatoms. The van der Waals surface area contributed by atoms with Crippen LogP contribution in [0.1, 0.15) is 31.7 Å². The summed E-state index contributed by atoms with van der Waals surface area (Å²) in [6.45, 7) is 4.52. The van der Waals surface area contributed by atoms with E-state index in [0.717, 1.165) is 35.9 Å². The predicted molar refractivity (Wildman–Crippen MR) is 72.0 cm³/mol. The molecule has 94 valence electrons. The van der Waals surface area contributed by atoms with Gasteiger partial charge >= 0.3 is 0 Å². The SMILES string of the molecule is CCC1CCN(c2ccc(CO)cc2N)CC1. The molecule has 0 aromatic heterocycles. The first-order valence-electron chi connectivity index (χ1n) is 6.48. The molecule has 2 rings (SSSR count). The zero-order chi connectivity index (χ0) is 12.3. The Hall–Kier alpha value is -1.22. The van der Waals surface area contributed by atoms with Crippen LogP contribution < -0.4 is 10.6 Å². The van der Waals surface area contributed by atoms with Crippen LogP contribution in [0, 0.1) is 5.92 Å². The molecule has 1 aromatic rings. The summed E-state index contributed by atoms with van der Waals surface area (Å²) in [5.41, 5.74) is 8.83. The molecule has 1 aliphatic rings. The lowest BCUT2D eigenvalue weighted by Gasteiger charge is -2.34. The number of anilines is 2. The Morgan fingerprint density at radius 3 is 2.59 bits per heavy atom. The van der Waals surface area contributed by atoms with Crippen molar-refractivity contribution >= 4 is 11.4 Å². The lowest BCUT2D eigenvalue weighted by atomic mass is 9.94. The van der Waals surface area contributed by atoms with Crippen LogP contribution in [0.2, 0.25) is 0 Å². The van der Waals surface area contributed by atoms with Gasteiger partial charge in [0.2, 0.25) is 0 Å². The van der Waals surface area contributed by atoms with Crippen LogP contribution >= 0.6 is 0 Å². The summed E-state index contributed by atoms with van der Waals surface area (Å²) in [6.07, 6.45) is 3.81. The summed E-state index contributed by atoms with van der Waals surface area (Å²) in [5, 5.41) is 9.06. The molecule has 1 saturated heterocycles. The number of nitrogens with zero attached hydrogens (tertiary/aromatic N) is 1. The molecule has 3 N–H and O–H groups in total. The summed E-state index contributed by atoms with van der Waals surface area (Å²) in [6, 6.07) is 5.87. The Morgan fingerprint density at radius 2 is 2.06 bits per heavy atom. The molecular formula is C14H22N2O. The number of nitrogens with two attached hydrogens (primary N) is 1. The van der Waals surface area contributed by atoms with Crippen molar-refractivity contribution < 1.29 is 5.11 Å². The Bertz CT molecular complexity index is 370. The Balaban J connectivity index is 2.08. The van der Waals surface area contributed by atoms with E-state index in [0.29, 0.717) is 0 Å². The molecule has 0 aliphatic carbocycles. The van der Waals surface area contributed by atoms with E-state index in [4.69, 9.17) is 10.8 Å². The second-order valence-electron chi connectivity index (χ2n) is 4.89. The topological polar surface area (TPSA) is 49.5 Å². The van der Waals surface area contributed by atoms with Crippen molar-refractivity contribution in [1.82, 2.24) is 0 Å². The lowest BCUT2D eigenvalue weighted by Crippen LogP contribution is -2.33. The maximum Gasteiger partial charge on any atom is 0.0682 e. The molecule has 0 bridgehead atoms. The normalized spacial score (nSPS) is 17.4. The third-order valence-corrected chi connectivity index (χ3v) is 3.81. The van der Waals surface area contributed by atoms with Gasteiger partial charge in [0.25, 0.3) is 0 Å². The molecule has 1 fully saturated rings. The molecule has 0 radical (unpaired) electrons. The van der Waals surface area contributed by atoms with Gasteiger partial charge in [0.1, 0.15) is 0 Å². The minimum Gasteiger partial charge on any atom is -0.397 e. The maximum atomic E-state index is 9.06. The Labute approximate surface area is 103 Å². The summed E-state index contributed by atoms with van der Waals surface area (Å²) in [7, 11) is 0. The van der Waals surface area contributed by atoms with Gasteiger partial charge in [-0.1, -0.05) is 19.4 Å². The highest BCUT2D eigenvalue weighted by Gasteiger charge is 2.19. The number of nitrogen functional groups attached to an aromatic ring is 1. The predicted octanol–water partition coefficient (Wildman–Crippen LogP) is 2.39. The summed E-state index contributed by atoms with van der Waals surface area (Å²) >= 11 is 0. The minimum absolute atomic E-state index is 0.0579. The van der Waals surface area contributed by atoms with Crippen molar-refractivity contribution in [3.8, 4) is 0 Å². The summed E-state index contributed by atoms with van der Waals surface area (Å²) < 4.78 is 0. The van der Waals surface area contributed by atoms with Crippen molar-refractivity contribution in [3.05, 3.63) is 23.8 Å². The fraction of sp³-hybridized carbons (Fsp3) is 0.571. The fourth-order valence-corrected chi connectivity index (χ4v) is 2.57. The van der Waals surface area contributed by atoms with Crippen molar-refractivity contribution in [2.75, 3.05) is 23.7 Å². The van der Waals surface area contributed by atoms with Gasteiger partial charge in [-0.2, -0.15) is 0 Å². The number of rotatable bonds is 3. The zero-order valence-electron chi connectivity index (χ0n) is 10.5. The molecule has 0 unspecified atom stereocenters. The highest BCUT2D eigenvalue weighted by atomic mass is 16.3. The highest BCUT2D eigenvalue weighted by Crippen LogP contribution is 2.29. The van der Waals surface area contributed by atoms with Gasteiger partial charge in [0.05, 0.1) is 18.0 Å². The standard InChI is InChI=1S/C14H22N2O/c1-2-11-5-7-16(8-6-11)14-4-3-12(10-17)9-13(14)15/h3-4,9,11,17H,2,5-8,10,15H2,1H3. The fourth-order valence-electron chi connectivity index (χ4n) is 2.57. The number of hydrogen-bond donors (Lipinski definition) is 2. The largest absolute Gasteiger partial charge is 0.397 e. The van der Waals surface area contributed by atoms with Crippen LogP contribution in [-0.2, 0) is 6.61 Å². The van der Waals surface area contributed by atoms with Crippen LogP contribution in [0.25, 0.3) is 0 Å². The van der Waals surface area contributed by atoms with Gasteiger partial charge in [0.15, 0.2) is 0 Å². The number of benzene rings is 1. The minimum atomic E-state index is 0.0579. The van der Waals surface area contributed by atoms with Crippen LogP contribution in [0.4, 0.5) is 11.4 Å². The number of piperidine rings is 1. The molecule has 0 saturated carbocycles. The molecule has 1 heterocycles. The smallest absolute Gasteiger partial charge is 0.0682 e. The van der Waals surface area contributed by atoms with Gasteiger partial charge in [-0.05, 0) is 36.5 Å². The molecule has 0 spiro atoms. The van der Waals surface area contributed by atoms with Gasteiger partial charge in [-0.25, -0.2) is 0 Å². The Kier molecular flexibility index (Phi) is 3.89. The first-order chi connectivity index (χ1) is 8.24. The van der Waals surface area contributed by atoms with Crippen LogP contribution in [0.5, 0.6) is 0 Å². The number of aliphatic hydroxyl groups is 1. The molecule has 1 aromatic carbocycles. The third-order valence-electron chi connectivity index (χ3n) is 3.81. The van der Waals surface area contributed by atoms with E-state index in [2.05, 4.69) is 11.8 Å². The number of hydrogen-bond acceptors (Lipinski definition) is 3. The first-order valence-corrected chi connectivity index (χ1v) is 6.48. The zero-order valence-corrected chi connectivity index (χ0v) is 10.5. The maximum absolute atomic E-state index is 9.06. The molecular weight excluding hydrogens is 212 g/mol. The first kappa shape index (κ1) is 12.2. The van der Waals surface area contributed by atoms with E-state index in [1.54, 1.807) is 0 Å². The van der Waals surface area contributed by atoms with Crippen LogP contribution in [0.3, 0.4) is 0 Å². The Morgan fingerprint density at radius 1 is 1.35 bits per heavy atom. The van der Waals surface area contributed by atoms with Gasteiger partial charge in [-0.3, -0.25) is 0 Å². The van der Waals surface area contributed by atoms with Gasteiger partial charge in [0, 0.05) is 13.1 Å². The molecule has 3 nitrogen and oxygen atoms in total. The number of aliphatic hydroxyl groups excluding tert-OH is 1. The summed E-state index contributed by atoms with van der Waals surface area (Å²) in [4.78, 5) is 2.36. The second kappa shape index (κ2) is 5.41. The van der Waals surface area contributed by atoms with Crippen molar-refractivity contribution in [2.45, 2.75) is 32.8 Å². The highest BCUT2D eigenvalue weighted by molar-refractivity contribution is 5.68. The van der Waals surface area contributed by atoms with Crippen molar-refractivity contribution in [3.63, 3.8) is 0 Å². The van der Waals surface area contributed by atoms with Crippen LogP contribution in [0.15, 0.2) is 18.2 Å². The van der Waals surface area contributed by atoms with E-state index in [9.17, 15) is 0 Å². The average Bonchev–Trinajstić information content (AvgIpc) is 2.39. The third kappa shape index (κ3) is 2.72. The lowest BCUT2D eigenvalue weighted by molar-refractivity contribution is 0.282. The van der Waals surface area contributed by atoms with Crippen molar-refractivity contribution in [1.29, 1.82) is 0 Å². The quantitative estimate of drug-likeness (QED) is 0.789. The van der Waals surface area contributed by atoms with Crippen LogP contribution in [-0.4, -0.2) is 18.2 Å². The summed E-state index contributed by atoms with van der Waals surface area (Å²) in [5.74, 6) is 0.879. The van der Waals surface area contributed by atoms with E-state index in [-0.39, 0.29) is 6.61 Å². The average molecular weight is 234 g/mol. The molecule has 0 amide bonds. The van der Waals surface area contributed by atoms with E-state index >= 15 is 0 Å². The second-order valence-corrected chi connectivity index (χ2v) is 4.89. The molecule has 17 heavy (non-hydrogen) atoms. The van der Waals surface area contributed by atoms with E-state index in [1.165, 1.54) is 19.3 Å². The van der Waals surface area contributed by atoms with E-state index < -0.39 is 0 Å². The van der Waals surface area contributed by atoms with E-state index in [1.807, 2.05) is 18.2 Å². The van der Waals surface area contributed by atoms with Gasteiger partial charge in [-0.15, -0.1) is 0 Å². The van der Waals surface area contributed by atoms with Gasteiger partial charge < -0.3 is 15.7 Å². The molecule has 1 aliphatic heterocycles. The molecule has 0 atom stereocenters. The van der Waals surface area contributed by atoms with Crippen molar-refractivity contribution in [2.24, 2.45) is 5.92 Å². The monoisotopic (exact) mass is 234 g/mol.